The van der Waals surface area contributed by atoms with Gasteiger partial charge in [0.1, 0.15) is 11.8 Å². The van der Waals surface area contributed by atoms with Crippen molar-refractivity contribution in [1.82, 2.24) is 20.2 Å². The van der Waals surface area contributed by atoms with Gasteiger partial charge in [0.05, 0.1) is 6.20 Å². The van der Waals surface area contributed by atoms with E-state index in [2.05, 4.69) is 20.2 Å². The molecule has 2 aromatic heterocycles. The Morgan fingerprint density at radius 1 is 1.31 bits per heavy atom. The van der Waals surface area contributed by atoms with Crippen LogP contribution in [0.25, 0.3) is 11.3 Å². The van der Waals surface area contributed by atoms with Crippen LogP contribution in [0.3, 0.4) is 0 Å². The summed E-state index contributed by atoms with van der Waals surface area (Å²) >= 11 is 0. The highest BCUT2D eigenvalue weighted by molar-refractivity contribution is 5.62. The fraction of sp³-hybridized carbons (Fsp3) is 0. The van der Waals surface area contributed by atoms with Crippen LogP contribution in [-0.4, -0.2) is 20.2 Å². The minimum absolute atomic E-state index is 0.309. The number of nitrogens with one attached hydrogen (secondary N) is 1. The zero-order valence-electron chi connectivity index (χ0n) is 6.60. The molecule has 0 radical (unpaired) electrons. The largest absolute Gasteiger partial charge is 0.285 e. The number of hydrogen-bond acceptors (Lipinski definition) is 4. The van der Waals surface area contributed by atoms with Crippen molar-refractivity contribution in [3.8, 4) is 17.3 Å². The molecule has 0 aliphatic rings. The van der Waals surface area contributed by atoms with E-state index >= 15 is 0 Å². The molecule has 1 N–H and O–H groups in total. The van der Waals surface area contributed by atoms with E-state index < -0.39 is 0 Å². The van der Waals surface area contributed by atoms with Gasteiger partial charge in [0, 0.05) is 24.2 Å². The van der Waals surface area contributed by atoms with Crippen LogP contribution in [0.4, 0.5) is 0 Å². The Morgan fingerprint density at radius 2 is 2.15 bits per heavy atom. The van der Waals surface area contributed by atoms with Crippen LogP contribution in [0.2, 0.25) is 0 Å². The number of hydrogen-bond donors (Lipinski definition) is 1. The Labute approximate surface area is 74.1 Å². The number of nitrogens with zero attached hydrogens (tertiary/aromatic N) is 4. The van der Waals surface area contributed by atoms with Crippen LogP contribution in [-0.2, 0) is 0 Å². The average Bonchev–Trinajstić information content (AvgIpc) is 2.70. The van der Waals surface area contributed by atoms with Crippen molar-refractivity contribution in [2.75, 3.05) is 0 Å². The molecule has 0 amide bonds. The molecule has 5 nitrogen and oxygen atoms in total. The Bertz CT molecular complexity index is 440. The van der Waals surface area contributed by atoms with Gasteiger partial charge < -0.3 is 0 Å². The Balaban J connectivity index is 2.59. The fourth-order valence-corrected chi connectivity index (χ4v) is 1.01. The van der Waals surface area contributed by atoms with Crippen molar-refractivity contribution < 1.29 is 0 Å². The lowest BCUT2D eigenvalue weighted by atomic mass is 10.2. The molecule has 0 bridgehead atoms. The first-order valence-electron chi connectivity index (χ1n) is 3.62. The molecule has 2 aromatic rings. The van der Waals surface area contributed by atoms with Crippen LogP contribution in [0.1, 0.15) is 5.69 Å². The lowest BCUT2D eigenvalue weighted by molar-refractivity contribution is 1.09. The normalized spacial score (nSPS) is 9.46. The highest BCUT2D eigenvalue weighted by atomic mass is 15.1. The van der Waals surface area contributed by atoms with Crippen LogP contribution in [0.15, 0.2) is 24.8 Å². The molecule has 0 saturated carbocycles. The summed E-state index contributed by atoms with van der Waals surface area (Å²) in [6.07, 6.45) is 6.31. The number of rotatable bonds is 1. The van der Waals surface area contributed by atoms with Gasteiger partial charge >= 0.3 is 0 Å². The molecule has 0 spiro atoms. The first-order chi connectivity index (χ1) is 6.42. The van der Waals surface area contributed by atoms with E-state index in [1.807, 2.05) is 6.07 Å². The minimum Gasteiger partial charge on any atom is -0.285 e. The third-order valence-corrected chi connectivity index (χ3v) is 1.58. The highest BCUT2D eigenvalue weighted by Crippen LogP contribution is 2.16. The number of nitriles is 1. The monoisotopic (exact) mass is 171 g/mol. The standard InChI is InChI=1S/C8H5N5/c9-3-7-8(11-2-1-10-7)6-4-12-13-5-6/h1-2,4-5H,(H,12,13). The molecule has 0 aliphatic carbocycles. The van der Waals surface area contributed by atoms with E-state index in [4.69, 9.17) is 5.26 Å². The summed E-state index contributed by atoms with van der Waals surface area (Å²) in [5.41, 5.74) is 1.63. The number of H-pyrrole nitrogens is 1. The smallest absolute Gasteiger partial charge is 0.166 e. The second kappa shape index (κ2) is 3.03. The molecule has 0 aliphatic heterocycles. The van der Waals surface area contributed by atoms with Gasteiger partial charge in [-0.05, 0) is 0 Å². The molecule has 0 unspecified atom stereocenters. The summed E-state index contributed by atoms with van der Waals surface area (Å²) in [6, 6.07) is 1.97. The van der Waals surface area contributed by atoms with Gasteiger partial charge in [-0.25, -0.2) is 4.98 Å². The molecule has 0 saturated heterocycles. The van der Waals surface area contributed by atoms with Crippen molar-refractivity contribution in [1.29, 1.82) is 5.26 Å². The van der Waals surface area contributed by atoms with Gasteiger partial charge in [0.2, 0.25) is 0 Å². The Morgan fingerprint density at radius 3 is 2.85 bits per heavy atom. The molecule has 2 rings (SSSR count). The molecule has 0 atom stereocenters. The van der Waals surface area contributed by atoms with E-state index in [1.54, 1.807) is 18.6 Å². The van der Waals surface area contributed by atoms with E-state index in [0.29, 0.717) is 11.4 Å². The zero-order chi connectivity index (χ0) is 9.10. The van der Waals surface area contributed by atoms with E-state index in [1.165, 1.54) is 6.20 Å². The van der Waals surface area contributed by atoms with Crippen LogP contribution in [0.5, 0.6) is 0 Å². The lowest BCUT2D eigenvalue weighted by Gasteiger charge is -1.95. The maximum absolute atomic E-state index is 8.73. The van der Waals surface area contributed by atoms with Gasteiger partial charge in [0.25, 0.3) is 0 Å². The summed E-state index contributed by atoms with van der Waals surface area (Å²) in [6.45, 7) is 0. The zero-order valence-corrected chi connectivity index (χ0v) is 6.60. The first kappa shape index (κ1) is 7.43. The lowest BCUT2D eigenvalue weighted by Crippen LogP contribution is -1.90. The second-order valence-electron chi connectivity index (χ2n) is 2.35. The summed E-state index contributed by atoms with van der Waals surface area (Å²) in [5, 5.41) is 15.2. The average molecular weight is 171 g/mol. The summed E-state index contributed by atoms with van der Waals surface area (Å²) in [7, 11) is 0. The minimum atomic E-state index is 0.309. The molecule has 5 heteroatoms. The molecule has 13 heavy (non-hydrogen) atoms. The van der Waals surface area contributed by atoms with E-state index in [0.717, 1.165) is 5.56 Å². The summed E-state index contributed by atoms with van der Waals surface area (Å²) in [5.74, 6) is 0. The Hall–Kier alpha value is -2.22. The van der Waals surface area contributed by atoms with Gasteiger partial charge in [-0.3, -0.25) is 10.1 Å². The van der Waals surface area contributed by atoms with E-state index in [9.17, 15) is 0 Å². The van der Waals surface area contributed by atoms with E-state index in [-0.39, 0.29) is 0 Å². The van der Waals surface area contributed by atoms with Crippen molar-refractivity contribution in [2.45, 2.75) is 0 Å². The van der Waals surface area contributed by atoms with Crippen molar-refractivity contribution in [3.63, 3.8) is 0 Å². The van der Waals surface area contributed by atoms with Gasteiger partial charge in [-0.1, -0.05) is 0 Å². The topological polar surface area (TPSA) is 78.2 Å². The summed E-state index contributed by atoms with van der Waals surface area (Å²) in [4.78, 5) is 7.93. The third-order valence-electron chi connectivity index (χ3n) is 1.58. The number of aromatic amines is 1. The quantitative estimate of drug-likeness (QED) is 0.686. The Kier molecular flexibility index (Phi) is 1.73. The first-order valence-corrected chi connectivity index (χ1v) is 3.62. The highest BCUT2D eigenvalue weighted by Gasteiger charge is 2.06. The van der Waals surface area contributed by atoms with Crippen LogP contribution < -0.4 is 0 Å². The fourth-order valence-electron chi connectivity index (χ4n) is 1.01. The van der Waals surface area contributed by atoms with Gasteiger partial charge in [0.15, 0.2) is 5.69 Å². The van der Waals surface area contributed by atoms with Crippen molar-refractivity contribution in [2.24, 2.45) is 0 Å². The molecule has 2 heterocycles. The predicted molar refractivity (Wildman–Crippen MR) is 44.3 cm³/mol. The van der Waals surface area contributed by atoms with Crippen molar-refractivity contribution >= 4 is 0 Å². The molecule has 62 valence electrons. The third kappa shape index (κ3) is 1.25. The predicted octanol–water partition coefficient (Wildman–Crippen LogP) is 0.738. The second-order valence-corrected chi connectivity index (χ2v) is 2.35. The molecular weight excluding hydrogens is 166 g/mol. The van der Waals surface area contributed by atoms with Crippen LogP contribution >= 0.6 is 0 Å². The molecule has 0 fully saturated rings. The molecule has 0 aromatic carbocycles. The molecular formula is C8H5N5. The summed E-state index contributed by atoms with van der Waals surface area (Å²) < 4.78 is 0. The van der Waals surface area contributed by atoms with Gasteiger partial charge in [-0.15, -0.1) is 0 Å². The van der Waals surface area contributed by atoms with Gasteiger partial charge in [-0.2, -0.15) is 10.4 Å². The van der Waals surface area contributed by atoms with Crippen molar-refractivity contribution in [3.05, 3.63) is 30.5 Å². The number of aromatic nitrogens is 4. The SMILES string of the molecule is N#Cc1nccnc1-c1cn[nH]c1. The maximum Gasteiger partial charge on any atom is 0.166 e. The van der Waals surface area contributed by atoms with Crippen LogP contribution in [0, 0.1) is 11.3 Å². The maximum atomic E-state index is 8.73.